The van der Waals surface area contributed by atoms with Crippen LogP contribution in [0, 0.1) is 0 Å². The standard InChI is InChI=1S/C10H20N4S/c1-15(2)14-10-3-8(4-11-7-10)9-5-12-13-6-9/h5-6,8,10-11H,3-4,7,15H2,1-2H3,(H,12,13). The van der Waals surface area contributed by atoms with Crippen molar-refractivity contribution in [3.8, 4) is 0 Å². The Bertz CT molecular complexity index is 329. The predicted octanol–water partition coefficient (Wildman–Crippen LogP) is 0.381. The maximum atomic E-state index is 4.81. The minimum atomic E-state index is -0.463. The Balaban J connectivity index is 2.02. The van der Waals surface area contributed by atoms with Crippen LogP contribution in [0.5, 0.6) is 0 Å². The lowest BCUT2D eigenvalue weighted by Crippen LogP contribution is -2.37. The van der Waals surface area contributed by atoms with Gasteiger partial charge in [-0.25, -0.2) is 10.7 Å². The average Bonchev–Trinajstić information content (AvgIpc) is 2.69. The largest absolute Gasteiger partial charge is 0.314 e. The molecule has 5 heteroatoms. The zero-order valence-electron chi connectivity index (χ0n) is 9.33. The Morgan fingerprint density at radius 1 is 1.47 bits per heavy atom. The number of hydrogen-bond donors (Lipinski definition) is 2. The van der Waals surface area contributed by atoms with Gasteiger partial charge in [-0.1, -0.05) is 0 Å². The van der Waals surface area contributed by atoms with E-state index in [9.17, 15) is 0 Å². The van der Waals surface area contributed by atoms with Gasteiger partial charge in [-0.2, -0.15) is 5.10 Å². The van der Waals surface area contributed by atoms with Crippen LogP contribution in [0.3, 0.4) is 0 Å². The lowest BCUT2D eigenvalue weighted by Gasteiger charge is -2.27. The van der Waals surface area contributed by atoms with E-state index in [2.05, 4.69) is 28.0 Å². The zero-order chi connectivity index (χ0) is 10.7. The monoisotopic (exact) mass is 228 g/mol. The third-order valence-corrected chi connectivity index (χ3v) is 3.64. The third kappa shape index (κ3) is 2.89. The molecule has 0 spiro atoms. The Labute approximate surface area is 93.0 Å². The molecule has 1 saturated heterocycles. The number of aromatic amines is 1. The van der Waals surface area contributed by atoms with Gasteiger partial charge < -0.3 is 5.32 Å². The second-order valence-corrected chi connectivity index (χ2v) is 6.51. The van der Waals surface area contributed by atoms with Crippen molar-refractivity contribution < 1.29 is 0 Å². The van der Waals surface area contributed by atoms with Crippen LogP contribution in [0.1, 0.15) is 17.9 Å². The topological polar surface area (TPSA) is 53.1 Å². The summed E-state index contributed by atoms with van der Waals surface area (Å²) in [6.45, 7) is 2.10. The summed E-state index contributed by atoms with van der Waals surface area (Å²) >= 11 is 0. The molecule has 2 atom stereocenters. The Kier molecular flexibility index (Phi) is 3.53. The maximum Gasteiger partial charge on any atom is 0.0676 e. The van der Waals surface area contributed by atoms with E-state index in [-0.39, 0.29) is 0 Å². The van der Waals surface area contributed by atoms with Crippen molar-refractivity contribution in [1.29, 1.82) is 0 Å². The van der Waals surface area contributed by atoms with Crippen LogP contribution in [0.2, 0.25) is 0 Å². The fourth-order valence-corrected chi connectivity index (χ4v) is 3.05. The fourth-order valence-electron chi connectivity index (χ4n) is 2.12. The Hall–Kier alpha value is -0.680. The number of hydrogen-bond acceptors (Lipinski definition) is 3. The predicted molar refractivity (Wildman–Crippen MR) is 67.0 cm³/mol. The highest BCUT2D eigenvalue weighted by atomic mass is 32.2. The molecule has 1 aromatic heterocycles. The van der Waals surface area contributed by atoms with Crippen molar-refractivity contribution in [2.24, 2.45) is 4.36 Å². The van der Waals surface area contributed by atoms with E-state index in [1.165, 1.54) is 12.0 Å². The van der Waals surface area contributed by atoms with Gasteiger partial charge in [0.1, 0.15) is 0 Å². The molecule has 2 unspecified atom stereocenters. The molecule has 86 valence electrons. The number of nitrogens with zero attached hydrogens (tertiary/aromatic N) is 2. The molecule has 1 aliphatic rings. The van der Waals surface area contributed by atoms with E-state index >= 15 is 0 Å². The summed E-state index contributed by atoms with van der Waals surface area (Å²) in [4.78, 5) is 0. The summed E-state index contributed by atoms with van der Waals surface area (Å²) in [5, 5.41) is 10.3. The summed E-state index contributed by atoms with van der Waals surface area (Å²) in [5.74, 6) is 0.576. The highest BCUT2D eigenvalue weighted by molar-refractivity contribution is 7.85. The van der Waals surface area contributed by atoms with E-state index in [1.54, 1.807) is 0 Å². The van der Waals surface area contributed by atoms with Crippen LogP contribution < -0.4 is 5.32 Å². The normalized spacial score (nSPS) is 27.5. The highest BCUT2D eigenvalue weighted by Crippen LogP contribution is 2.23. The van der Waals surface area contributed by atoms with Crippen molar-refractivity contribution in [3.05, 3.63) is 18.0 Å². The average molecular weight is 228 g/mol. The molecule has 0 amide bonds. The molecule has 2 N–H and O–H groups in total. The minimum Gasteiger partial charge on any atom is -0.314 e. The minimum absolute atomic E-state index is 0.463. The molecule has 0 aromatic carbocycles. The van der Waals surface area contributed by atoms with Crippen LogP contribution in [0.4, 0.5) is 0 Å². The molecule has 4 nitrogen and oxygen atoms in total. The number of rotatable bonds is 2. The molecular weight excluding hydrogens is 208 g/mol. The molecule has 1 aromatic rings. The van der Waals surface area contributed by atoms with E-state index in [1.807, 2.05) is 12.4 Å². The Morgan fingerprint density at radius 3 is 3.00 bits per heavy atom. The van der Waals surface area contributed by atoms with Gasteiger partial charge >= 0.3 is 0 Å². The van der Waals surface area contributed by atoms with Crippen molar-refractivity contribution >= 4 is 10.7 Å². The smallest absolute Gasteiger partial charge is 0.0676 e. The van der Waals surface area contributed by atoms with Gasteiger partial charge in [0.25, 0.3) is 0 Å². The highest BCUT2D eigenvalue weighted by Gasteiger charge is 2.22. The maximum absolute atomic E-state index is 4.81. The third-order valence-electron chi connectivity index (χ3n) is 2.76. The van der Waals surface area contributed by atoms with Gasteiger partial charge in [-0.3, -0.25) is 9.46 Å². The number of aromatic nitrogens is 2. The lowest BCUT2D eigenvalue weighted by atomic mass is 9.92. The summed E-state index contributed by atoms with van der Waals surface area (Å²) in [6, 6.07) is 0.502. The first-order valence-corrected chi connectivity index (χ1v) is 7.91. The van der Waals surface area contributed by atoms with Crippen molar-refractivity contribution in [3.63, 3.8) is 0 Å². The molecule has 1 fully saturated rings. The van der Waals surface area contributed by atoms with Gasteiger partial charge in [0.05, 0.1) is 12.2 Å². The van der Waals surface area contributed by atoms with E-state index < -0.39 is 10.7 Å². The summed E-state index contributed by atoms with van der Waals surface area (Å²) in [5.41, 5.74) is 1.31. The summed E-state index contributed by atoms with van der Waals surface area (Å²) < 4.78 is 4.81. The van der Waals surface area contributed by atoms with Gasteiger partial charge in [0.2, 0.25) is 0 Å². The first kappa shape index (κ1) is 10.8. The van der Waals surface area contributed by atoms with Crippen molar-refractivity contribution in [1.82, 2.24) is 15.5 Å². The SMILES string of the molecule is C[SH2](C)=NC1CNCC(c2cn[nH]c2)C1. The van der Waals surface area contributed by atoms with E-state index in [4.69, 9.17) is 4.36 Å². The second kappa shape index (κ2) is 4.90. The number of H-pyrrole nitrogens is 1. The molecule has 15 heavy (non-hydrogen) atoms. The van der Waals surface area contributed by atoms with Crippen LogP contribution in [0.15, 0.2) is 16.8 Å². The molecular formula is C10H20N4S. The van der Waals surface area contributed by atoms with Crippen LogP contribution in [0.25, 0.3) is 0 Å². The molecule has 2 heterocycles. The number of nitrogens with one attached hydrogen (secondary N) is 2. The fraction of sp³-hybridized carbons (Fsp3) is 0.700. The van der Waals surface area contributed by atoms with Gasteiger partial charge in [0.15, 0.2) is 0 Å². The molecule has 0 bridgehead atoms. The van der Waals surface area contributed by atoms with Gasteiger partial charge in [-0.15, -0.1) is 0 Å². The van der Waals surface area contributed by atoms with Crippen molar-refractivity contribution in [2.75, 3.05) is 25.6 Å². The molecule has 2 rings (SSSR count). The summed E-state index contributed by atoms with van der Waals surface area (Å²) in [7, 11) is -0.463. The summed E-state index contributed by atoms with van der Waals surface area (Å²) in [6.07, 6.45) is 9.58. The quantitative estimate of drug-likeness (QED) is 0.769. The van der Waals surface area contributed by atoms with Crippen molar-refractivity contribution in [2.45, 2.75) is 18.4 Å². The molecule has 0 aliphatic carbocycles. The van der Waals surface area contributed by atoms with Crippen LogP contribution in [-0.2, 0) is 10.7 Å². The molecule has 0 saturated carbocycles. The first-order chi connectivity index (χ1) is 7.25. The van der Waals surface area contributed by atoms with Crippen LogP contribution in [-0.4, -0.2) is 41.8 Å². The van der Waals surface area contributed by atoms with Gasteiger partial charge in [-0.05, 0) is 24.5 Å². The molecule has 0 radical (unpaired) electrons. The molecule has 1 aliphatic heterocycles. The van der Waals surface area contributed by atoms with E-state index in [0.29, 0.717) is 12.0 Å². The number of piperidine rings is 1. The van der Waals surface area contributed by atoms with Gasteiger partial charge in [0, 0.05) is 25.2 Å². The Morgan fingerprint density at radius 2 is 2.33 bits per heavy atom. The lowest BCUT2D eigenvalue weighted by molar-refractivity contribution is 0.416. The first-order valence-electron chi connectivity index (χ1n) is 5.46. The zero-order valence-corrected chi connectivity index (χ0v) is 10.3. The second-order valence-electron chi connectivity index (χ2n) is 4.35. The van der Waals surface area contributed by atoms with E-state index in [0.717, 1.165) is 13.1 Å². The van der Waals surface area contributed by atoms with Crippen LogP contribution >= 0.6 is 0 Å².